The van der Waals surface area contributed by atoms with E-state index in [0.29, 0.717) is 0 Å². The van der Waals surface area contributed by atoms with Crippen molar-refractivity contribution < 1.29 is 4.39 Å². The number of halogens is 1. The first-order valence-electron chi connectivity index (χ1n) is 4.12. The van der Waals surface area contributed by atoms with Crippen molar-refractivity contribution in [1.82, 2.24) is 0 Å². The largest absolute Gasteiger partial charge is 0.235 e. The number of hydrogen-bond acceptors (Lipinski definition) is 0. The molecule has 0 unspecified atom stereocenters. The van der Waals surface area contributed by atoms with E-state index < -0.39 is 5.82 Å². The molecule has 0 saturated carbocycles. The summed E-state index contributed by atoms with van der Waals surface area (Å²) in [4.78, 5) is 3.12. The summed E-state index contributed by atoms with van der Waals surface area (Å²) in [5, 5.41) is 0. The summed E-state index contributed by atoms with van der Waals surface area (Å²) in [6.07, 6.45) is 0. The number of rotatable bonds is 0. The molecule has 0 aromatic heterocycles. The highest BCUT2D eigenvalue weighted by Gasteiger charge is 2.15. The number of hydrogen-bond donors (Lipinski definition) is 0. The number of nitrogens with zero attached hydrogens (tertiary/aromatic N) is 1. The Morgan fingerprint density at radius 2 is 1.92 bits per heavy atom. The second kappa shape index (κ2) is 3.18. The maximum absolute atomic E-state index is 12.9. The molecule has 0 bridgehead atoms. The van der Waals surface area contributed by atoms with E-state index in [9.17, 15) is 4.39 Å². The fourth-order valence-electron chi connectivity index (χ4n) is 1.06. The van der Waals surface area contributed by atoms with E-state index in [1.54, 1.807) is 12.1 Å². The minimum atomic E-state index is -0.442. The van der Waals surface area contributed by atoms with Gasteiger partial charge in [-0.25, -0.2) is 9.24 Å². The molecule has 0 amide bonds. The van der Waals surface area contributed by atoms with Crippen molar-refractivity contribution in [1.29, 1.82) is 0 Å². The lowest BCUT2D eigenvalue weighted by Crippen LogP contribution is -2.10. The van der Waals surface area contributed by atoms with Gasteiger partial charge < -0.3 is 0 Å². The van der Waals surface area contributed by atoms with Crippen LogP contribution in [0.15, 0.2) is 18.2 Å². The first-order chi connectivity index (χ1) is 5.95. The Morgan fingerprint density at radius 1 is 1.31 bits per heavy atom. The molecule has 0 radical (unpaired) electrons. The lowest BCUT2D eigenvalue weighted by atomic mass is 9.87. The van der Waals surface area contributed by atoms with Gasteiger partial charge >= 0.3 is 0 Å². The first-order valence-corrected chi connectivity index (χ1v) is 4.12. The monoisotopic (exact) mass is 177 g/mol. The van der Waals surface area contributed by atoms with Gasteiger partial charge in [-0.1, -0.05) is 32.4 Å². The van der Waals surface area contributed by atoms with Crippen LogP contribution in [-0.2, 0) is 5.41 Å². The Kier molecular flexibility index (Phi) is 2.38. The summed E-state index contributed by atoms with van der Waals surface area (Å²) >= 11 is 0. The minimum Gasteiger partial charge on any atom is -0.235 e. The van der Waals surface area contributed by atoms with E-state index in [4.69, 9.17) is 6.57 Å². The van der Waals surface area contributed by atoms with E-state index in [1.165, 1.54) is 6.07 Å². The van der Waals surface area contributed by atoms with Crippen LogP contribution in [0.4, 0.5) is 10.1 Å². The van der Waals surface area contributed by atoms with E-state index in [2.05, 4.69) is 4.85 Å². The Labute approximate surface area is 78.0 Å². The van der Waals surface area contributed by atoms with Crippen LogP contribution in [0.25, 0.3) is 4.85 Å². The summed E-state index contributed by atoms with van der Waals surface area (Å²) in [6.45, 7) is 12.9. The van der Waals surface area contributed by atoms with Crippen LogP contribution in [-0.4, -0.2) is 0 Å². The smallest absolute Gasteiger partial charge is 0.222 e. The van der Waals surface area contributed by atoms with Gasteiger partial charge in [-0.2, -0.15) is 0 Å². The van der Waals surface area contributed by atoms with E-state index in [-0.39, 0.29) is 11.1 Å². The molecule has 13 heavy (non-hydrogen) atoms. The van der Waals surface area contributed by atoms with Gasteiger partial charge in [0.15, 0.2) is 0 Å². The quantitative estimate of drug-likeness (QED) is 0.532. The van der Waals surface area contributed by atoms with E-state index in [1.807, 2.05) is 20.8 Å². The molecule has 1 nitrogen and oxygen atoms in total. The third-order valence-corrected chi connectivity index (χ3v) is 1.93. The third-order valence-electron chi connectivity index (χ3n) is 1.93. The van der Waals surface area contributed by atoms with Gasteiger partial charge in [0.25, 0.3) is 0 Å². The van der Waals surface area contributed by atoms with Crippen LogP contribution < -0.4 is 0 Å². The van der Waals surface area contributed by atoms with Crippen molar-refractivity contribution in [2.75, 3.05) is 0 Å². The summed E-state index contributed by atoms with van der Waals surface area (Å²) < 4.78 is 12.9. The molecule has 0 N–H and O–H groups in total. The maximum Gasteiger partial charge on any atom is 0.222 e. The molecule has 68 valence electrons. The van der Waals surface area contributed by atoms with Crippen molar-refractivity contribution in [2.24, 2.45) is 0 Å². The Hall–Kier alpha value is -1.36. The molecule has 1 aromatic carbocycles. The van der Waals surface area contributed by atoms with E-state index >= 15 is 0 Å². The molecule has 0 heterocycles. The number of benzene rings is 1. The molecule has 0 aliphatic carbocycles. The first kappa shape index (κ1) is 9.73. The third kappa shape index (κ3) is 2.06. The van der Waals surface area contributed by atoms with Crippen molar-refractivity contribution in [3.05, 3.63) is 41.0 Å². The van der Waals surface area contributed by atoms with Gasteiger partial charge in [-0.05, 0) is 17.5 Å². The highest BCUT2D eigenvalue weighted by Crippen LogP contribution is 2.27. The van der Waals surface area contributed by atoms with Crippen molar-refractivity contribution in [2.45, 2.75) is 26.2 Å². The molecule has 0 aliphatic heterocycles. The Bertz CT molecular complexity index is 355. The summed E-state index contributed by atoms with van der Waals surface area (Å²) in [5.41, 5.74) is 1.06. The predicted molar refractivity (Wildman–Crippen MR) is 51.4 cm³/mol. The summed E-state index contributed by atoms with van der Waals surface area (Å²) in [7, 11) is 0. The molecular formula is C11H12FN. The van der Waals surface area contributed by atoms with Crippen molar-refractivity contribution in [3.63, 3.8) is 0 Å². The standard InChI is InChI=1S/C11H12FN/c1-11(2,3)8-5-6-9(12)10(7-8)13-4/h5-7H,1-3H3. The second-order valence-electron chi connectivity index (χ2n) is 4.03. The average molecular weight is 177 g/mol. The molecule has 1 aromatic rings. The lowest BCUT2D eigenvalue weighted by molar-refractivity contribution is 0.584. The molecule has 0 fully saturated rings. The Morgan fingerprint density at radius 3 is 2.38 bits per heavy atom. The topological polar surface area (TPSA) is 4.36 Å². The van der Waals surface area contributed by atoms with Gasteiger partial charge in [0.2, 0.25) is 5.69 Å². The normalized spacial score (nSPS) is 11.0. The zero-order valence-corrected chi connectivity index (χ0v) is 8.06. The molecule has 0 atom stereocenters. The predicted octanol–water partition coefficient (Wildman–Crippen LogP) is 3.67. The van der Waals surface area contributed by atoms with Crippen LogP contribution in [0.5, 0.6) is 0 Å². The maximum atomic E-state index is 12.9. The minimum absolute atomic E-state index is 0.0346. The highest BCUT2D eigenvalue weighted by molar-refractivity contribution is 5.49. The highest BCUT2D eigenvalue weighted by atomic mass is 19.1. The average Bonchev–Trinajstić information content (AvgIpc) is 2.03. The van der Waals surface area contributed by atoms with Crippen LogP contribution in [0.1, 0.15) is 26.3 Å². The van der Waals surface area contributed by atoms with Crippen molar-refractivity contribution >= 4 is 5.69 Å². The molecular weight excluding hydrogens is 165 g/mol. The van der Waals surface area contributed by atoms with E-state index in [0.717, 1.165) is 5.56 Å². The summed E-state index contributed by atoms with van der Waals surface area (Å²) in [5.74, 6) is -0.442. The molecule has 0 saturated heterocycles. The Balaban J connectivity index is 3.24. The fraction of sp³-hybridized carbons (Fsp3) is 0.364. The van der Waals surface area contributed by atoms with Gasteiger partial charge in [0.1, 0.15) is 5.82 Å². The van der Waals surface area contributed by atoms with Gasteiger partial charge in [0.05, 0.1) is 6.57 Å². The SMILES string of the molecule is [C-]#[N+]c1cc(C(C)(C)C)ccc1F. The summed E-state index contributed by atoms with van der Waals surface area (Å²) in [6, 6.07) is 4.69. The van der Waals surface area contributed by atoms with Crippen LogP contribution in [0.3, 0.4) is 0 Å². The molecule has 2 heteroatoms. The van der Waals surface area contributed by atoms with Gasteiger partial charge in [-0.15, -0.1) is 0 Å². The van der Waals surface area contributed by atoms with Crippen molar-refractivity contribution in [3.8, 4) is 0 Å². The molecule has 1 rings (SSSR count). The molecule has 0 spiro atoms. The zero-order valence-electron chi connectivity index (χ0n) is 8.06. The zero-order chi connectivity index (χ0) is 10.1. The van der Waals surface area contributed by atoms with Crippen LogP contribution in [0, 0.1) is 12.4 Å². The molecule has 0 aliphatic rings. The van der Waals surface area contributed by atoms with Crippen LogP contribution in [0.2, 0.25) is 0 Å². The van der Waals surface area contributed by atoms with Gasteiger partial charge in [-0.3, -0.25) is 0 Å². The second-order valence-corrected chi connectivity index (χ2v) is 4.03. The fourth-order valence-corrected chi connectivity index (χ4v) is 1.06. The lowest BCUT2D eigenvalue weighted by Gasteiger charge is -2.19. The van der Waals surface area contributed by atoms with Gasteiger partial charge in [0, 0.05) is 0 Å². The van der Waals surface area contributed by atoms with Crippen LogP contribution >= 0.6 is 0 Å².